The number of benzene rings is 1. The molecule has 0 radical (unpaired) electrons. The van der Waals surface area contributed by atoms with E-state index >= 15 is 0 Å². The Morgan fingerprint density at radius 1 is 1.03 bits per heavy atom. The predicted octanol–water partition coefficient (Wildman–Crippen LogP) is 3.84. The molecular weight excluding hydrogens is 362 g/mol. The molecule has 7 nitrogen and oxygen atoms in total. The van der Waals surface area contributed by atoms with Gasteiger partial charge in [-0.25, -0.2) is 4.98 Å². The van der Waals surface area contributed by atoms with Gasteiger partial charge < -0.3 is 4.57 Å². The minimum Gasteiger partial charge on any atom is -0.330 e. The summed E-state index contributed by atoms with van der Waals surface area (Å²) in [6.07, 6.45) is 10.6. The van der Waals surface area contributed by atoms with Crippen LogP contribution in [0.4, 0.5) is 0 Å². The van der Waals surface area contributed by atoms with Crippen LogP contribution in [0.2, 0.25) is 0 Å². The van der Waals surface area contributed by atoms with Crippen LogP contribution in [0, 0.1) is 11.3 Å². The Hall–Kier alpha value is -3.66. The smallest absolute Gasteiger partial charge is 0.0994 e. The molecule has 0 aliphatic heterocycles. The van der Waals surface area contributed by atoms with Gasteiger partial charge in [-0.05, 0) is 38.0 Å². The van der Waals surface area contributed by atoms with Gasteiger partial charge in [-0.2, -0.15) is 15.5 Å². The van der Waals surface area contributed by atoms with Gasteiger partial charge in [0, 0.05) is 43.2 Å². The number of imidazole rings is 1. The molecule has 29 heavy (non-hydrogen) atoms. The van der Waals surface area contributed by atoms with E-state index in [0.717, 1.165) is 35.5 Å². The number of aromatic nitrogens is 6. The second-order valence-electron chi connectivity index (χ2n) is 7.40. The summed E-state index contributed by atoms with van der Waals surface area (Å²) in [5, 5.41) is 17.8. The highest BCUT2D eigenvalue weighted by atomic mass is 15.3. The van der Waals surface area contributed by atoms with E-state index in [2.05, 4.69) is 45.9 Å². The number of hydrogen-bond donors (Lipinski definition) is 0. The molecule has 0 N–H and O–H groups in total. The van der Waals surface area contributed by atoms with Crippen molar-refractivity contribution in [2.24, 2.45) is 7.05 Å². The molecule has 3 heterocycles. The molecule has 0 atom stereocenters. The van der Waals surface area contributed by atoms with Crippen molar-refractivity contribution in [3.8, 4) is 28.6 Å². The van der Waals surface area contributed by atoms with Crippen LogP contribution >= 0.6 is 0 Å². The van der Waals surface area contributed by atoms with Gasteiger partial charge in [-0.1, -0.05) is 12.1 Å². The van der Waals surface area contributed by atoms with E-state index < -0.39 is 0 Å². The van der Waals surface area contributed by atoms with Crippen molar-refractivity contribution < 1.29 is 0 Å². The summed E-state index contributed by atoms with van der Waals surface area (Å²) in [4.78, 5) is 4.69. The second kappa shape index (κ2) is 7.76. The molecule has 0 spiro atoms. The Bertz CT molecular complexity index is 1150. The topological polar surface area (TPSA) is 77.2 Å². The Morgan fingerprint density at radius 2 is 1.83 bits per heavy atom. The highest BCUT2D eigenvalue weighted by Gasteiger charge is 2.16. The quantitative estimate of drug-likeness (QED) is 0.505. The van der Waals surface area contributed by atoms with E-state index in [1.165, 1.54) is 5.56 Å². The highest BCUT2D eigenvalue weighted by molar-refractivity contribution is 5.78. The summed E-state index contributed by atoms with van der Waals surface area (Å²) in [5.74, 6) is 0. The van der Waals surface area contributed by atoms with Gasteiger partial charge in [0.05, 0.1) is 41.7 Å². The monoisotopic (exact) mass is 385 g/mol. The minimum atomic E-state index is 0.350. The molecule has 0 saturated carbocycles. The molecule has 1 aromatic carbocycles. The van der Waals surface area contributed by atoms with Crippen LogP contribution in [-0.4, -0.2) is 29.1 Å². The molecule has 4 rings (SSSR count). The minimum absolute atomic E-state index is 0.350. The maximum atomic E-state index is 9.11. The van der Waals surface area contributed by atoms with Crippen LogP contribution < -0.4 is 0 Å². The van der Waals surface area contributed by atoms with Gasteiger partial charge in [-0.15, -0.1) is 0 Å². The summed E-state index contributed by atoms with van der Waals surface area (Å²) in [5.41, 5.74) is 5.75. The van der Waals surface area contributed by atoms with Crippen LogP contribution in [0.25, 0.3) is 22.5 Å². The van der Waals surface area contributed by atoms with Gasteiger partial charge in [0.25, 0.3) is 0 Å². The first kappa shape index (κ1) is 18.7. The number of rotatable bonds is 6. The number of aryl methyl sites for hydroxylation is 3. The number of nitriles is 1. The maximum Gasteiger partial charge on any atom is 0.0994 e. The van der Waals surface area contributed by atoms with Gasteiger partial charge >= 0.3 is 0 Å². The lowest BCUT2D eigenvalue weighted by atomic mass is 10.1. The third kappa shape index (κ3) is 3.83. The van der Waals surface area contributed by atoms with Crippen molar-refractivity contribution >= 4 is 0 Å². The van der Waals surface area contributed by atoms with E-state index in [1.807, 2.05) is 60.9 Å². The molecule has 0 unspecified atom stereocenters. The van der Waals surface area contributed by atoms with Gasteiger partial charge in [0.2, 0.25) is 0 Å². The Balaban J connectivity index is 1.69. The van der Waals surface area contributed by atoms with Crippen molar-refractivity contribution in [3.05, 3.63) is 66.5 Å². The molecule has 7 heteroatoms. The fraction of sp³-hybridized carbons (Fsp3) is 0.273. The predicted molar refractivity (Wildman–Crippen MR) is 111 cm³/mol. The molecular formula is C22H23N7. The molecule has 4 aromatic rings. The van der Waals surface area contributed by atoms with Crippen LogP contribution in [0.1, 0.15) is 31.0 Å². The number of hydrogen-bond acceptors (Lipinski definition) is 4. The Labute approximate surface area is 169 Å². The highest BCUT2D eigenvalue weighted by Crippen LogP contribution is 2.31. The van der Waals surface area contributed by atoms with Crippen LogP contribution in [-0.2, 0) is 20.0 Å². The fourth-order valence-electron chi connectivity index (χ4n) is 3.35. The zero-order valence-corrected chi connectivity index (χ0v) is 16.8. The Morgan fingerprint density at radius 3 is 2.45 bits per heavy atom. The third-order valence-electron chi connectivity index (χ3n) is 4.93. The molecule has 0 saturated heterocycles. The standard InChI is InChI=1S/C22H23N7/c1-16(2)29-13-18(11-26-29)8-9-28-15-24-21(20-12-25-27(3)14-20)22(28)19-6-4-17(10-23)5-7-19/h4-7,11-16H,8-9H2,1-3H3. The molecule has 0 aliphatic carbocycles. The second-order valence-corrected chi connectivity index (χ2v) is 7.40. The van der Waals surface area contributed by atoms with Crippen molar-refractivity contribution in [1.29, 1.82) is 5.26 Å². The normalized spacial score (nSPS) is 11.1. The Kier molecular flexibility index (Phi) is 5.00. The lowest BCUT2D eigenvalue weighted by Gasteiger charge is -2.10. The van der Waals surface area contributed by atoms with Gasteiger partial charge in [0.1, 0.15) is 0 Å². The van der Waals surface area contributed by atoms with Crippen molar-refractivity contribution in [1.82, 2.24) is 29.1 Å². The van der Waals surface area contributed by atoms with Crippen LogP contribution in [0.3, 0.4) is 0 Å². The van der Waals surface area contributed by atoms with E-state index in [1.54, 1.807) is 4.68 Å². The zero-order chi connectivity index (χ0) is 20.4. The van der Waals surface area contributed by atoms with Gasteiger partial charge in [0.15, 0.2) is 0 Å². The third-order valence-corrected chi connectivity index (χ3v) is 4.93. The summed E-state index contributed by atoms with van der Waals surface area (Å²) in [7, 11) is 1.90. The first-order chi connectivity index (χ1) is 14.0. The maximum absolute atomic E-state index is 9.11. The molecule has 3 aromatic heterocycles. The molecule has 0 fully saturated rings. The molecule has 146 valence electrons. The fourth-order valence-corrected chi connectivity index (χ4v) is 3.35. The van der Waals surface area contributed by atoms with E-state index in [4.69, 9.17) is 5.26 Å². The molecule has 0 bridgehead atoms. The van der Waals surface area contributed by atoms with E-state index in [-0.39, 0.29) is 0 Å². The van der Waals surface area contributed by atoms with Crippen LogP contribution in [0.15, 0.2) is 55.4 Å². The van der Waals surface area contributed by atoms with Crippen LogP contribution in [0.5, 0.6) is 0 Å². The van der Waals surface area contributed by atoms with Gasteiger partial charge in [-0.3, -0.25) is 9.36 Å². The average molecular weight is 385 g/mol. The first-order valence-electron chi connectivity index (χ1n) is 9.63. The van der Waals surface area contributed by atoms with E-state index in [0.29, 0.717) is 11.6 Å². The zero-order valence-electron chi connectivity index (χ0n) is 16.8. The lowest BCUT2D eigenvalue weighted by molar-refractivity contribution is 0.531. The van der Waals surface area contributed by atoms with Crippen molar-refractivity contribution in [2.45, 2.75) is 32.9 Å². The summed E-state index contributed by atoms with van der Waals surface area (Å²) >= 11 is 0. The SMILES string of the molecule is CC(C)n1cc(CCn2cnc(-c3cnn(C)c3)c2-c2ccc(C#N)cc2)cn1. The number of nitrogens with zero attached hydrogens (tertiary/aromatic N) is 7. The molecule has 0 amide bonds. The largest absolute Gasteiger partial charge is 0.330 e. The summed E-state index contributed by atoms with van der Waals surface area (Å²) < 4.78 is 5.92. The van der Waals surface area contributed by atoms with Crippen molar-refractivity contribution in [3.63, 3.8) is 0 Å². The summed E-state index contributed by atoms with van der Waals surface area (Å²) in [6, 6.07) is 10.2. The first-order valence-corrected chi connectivity index (χ1v) is 9.63. The molecule has 0 aliphatic rings. The average Bonchev–Trinajstić information content (AvgIpc) is 3.45. The lowest BCUT2D eigenvalue weighted by Crippen LogP contribution is -2.03. The van der Waals surface area contributed by atoms with Crippen molar-refractivity contribution in [2.75, 3.05) is 0 Å². The summed E-state index contributed by atoms with van der Waals surface area (Å²) in [6.45, 7) is 5.03. The van der Waals surface area contributed by atoms with E-state index in [9.17, 15) is 0 Å².